The Morgan fingerprint density at radius 3 is 2.24 bits per heavy atom. The summed E-state index contributed by atoms with van der Waals surface area (Å²) in [5, 5.41) is 2.85. The highest BCUT2D eigenvalue weighted by molar-refractivity contribution is 7.89. The zero-order valence-corrected chi connectivity index (χ0v) is 19.4. The molecular weight excluding hydrogens is 455 g/mol. The smallest absolute Gasteiger partial charge is 0.326 e. The van der Waals surface area contributed by atoms with Crippen LogP contribution in [-0.4, -0.2) is 57.3 Å². The fraction of sp³-hybridized carbons (Fsp3) is 0.435. The van der Waals surface area contributed by atoms with Crippen molar-refractivity contribution in [2.24, 2.45) is 5.92 Å². The van der Waals surface area contributed by atoms with Crippen molar-refractivity contribution in [3.05, 3.63) is 59.7 Å². The maximum absolute atomic E-state index is 13.3. The lowest BCUT2D eigenvalue weighted by molar-refractivity contribution is -0.139. The molecule has 1 amide bonds. The number of amides is 1. The maximum atomic E-state index is 13.3. The summed E-state index contributed by atoms with van der Waals surface area (Å²) < 4.78 is 66.6. The third-order valence-corrected chi connectivity index (χ3v) is 7.66. The summed E-state index contributed by atoms with van der Waals surface area (Å²) in [4.78, 5) is 14.0. The number of alkyl halides is 3. The van der Waals surface area contributed by atoms with E-state index in [4.69, 9.17) is 0 Å². The number of hydrogen-bond acceptors (Lipinski definition) is 4. The van der Waals surface area contributed by atoms with Crippen LogP contribution in [0.2, 0.25) is 0 Å². The molecule has 33 heavy (non-hydrogen) atoms. The third-order valence-electron chi connectivity index (χ3n) is 5.70. The van der Waals surface area contributed by atoms with Crippen LogP contribution in [0, 0.1) is 5.92 Å². The van der Waals surface area contributed by atoms with Gasteiger partial charge in [0, 0.05) is 31.2 Å². The SMILES string of the molecule is CN(C)CCc1ccc(NC(=O)C2CCN(S(=O)(=O)c3ccccc3C(F)(F)F)CC2)cc1. The number of hydrogen-bond donors (Lipinski definition) is 1. The second-order valence-corrected chi connectivity index (χ2v) is 10.3. The molecule has 6 nitrogen and oxygen atoms in total. The van der Waals surface area contributed by atoms with Gasteiger partial charge < -0.3 is 10.2 Å². The second kappa shape index (κ2) is 10.2. The molecule has 0 aromatic heterocycles. The Kier molecular flexibility index (Phi) is 7.81. The number of sulfonamides is 1. The monoisotopic (exact) mass is 483 g/mol. The van der Waals surface area contributed by atoms with E-state index in [1.807, 2.05) is 38.4 Å². The Labute approximate surface area is 192 Å². The Hall–Kier alpha value is -2.43. The first-order chi connectivity index (χ1) is 15.5. The molecule has 2 aromatic rings. The molecule has 10 heteroatoms. The van der Waals surface area contributed by atoms with Crippen LogP contribution in [-0.2, 0) is 27.4 Å². The van der Waals surface area contributed by atoms with Gasteiger partial charge in [0.25, 0.3) is 0 Å². The van der Waals surface area contributed by atoms with Gasteiger partial charge in [-0.2, -0.15) is 17.5 Å². The molecule has 0 radical (unpaired) electrons. The normalized spacial score (nSPS) is 16.2. The fourth-order valence-corrected chi connectivity index (χ4v) is 5.46. The summed E-state index contributed by atoms with van der Waals surface area (Å²) in [5.74, 6) is -0.633. The molecule has 1 N–H and O–H groups in total. The predicted molar refractivity (Wildman–Crippen MR) is 120 cm³/mol. The average molecular weight is 484 g/mol. The van der Waals surface area contributed by atoms with Gasteiger partial charge in [0.15, 0.2) is 0 Å². The zero-order valence-electron chi connectivity index (χ0n) is 18.6. The summed E-state index contributed by atoms with van der Waals surface area (Å²) in [6, 6.07) is 11.7. The summed E-state index contributed by atoms with van der Waals surface area (Å²) in [7, 11) is -0.322. The van der Waals surface area contributed by atoms with Crippen LogP contribution in [0.5, 0.6) is 0 Å². The Bertz CT molecular complexity index is 1060. The van der Waals surface area contributed by atoms with Crippen molar-refractivity contribution in [2.75, 3.05) is 39.0 Å². The van der Waals surface area contributed by atoms with Crippen LogP contribution in [0.1, 0.15) is 24.0 Å². The van der Waals surface area contributed by atoms with Crippen molar-refractivity contribution < 1.29 is 26.4 Å². The molecule has 1 saturated heterocycles. The van der Waals surface area contributed by atoms with Gasteiger partial charge >= 0.3 is 6.18 Å². The Morgan fingerprint density at radius 1 is 1.06 bits per heavy atom. The fourth-order valence-electron chi connectivity index (χ4n) is 3.77. The van der Waals surface area contributed by atoms with Crippen molar-refractivity contribution in [3.8, 4) is 0 Å². The van der Waals surface area contributed by atoms with Crippen molar-refractivity contribution >= 4 is 21.6 Å². The number of likely N-dealkylation sites (N-methyl/N-ethyl adjacent to an activating group) is 1. The summed E-state index contributed by atoms with van der Waals surface area (Å²) in [6.07, 6.45) is -3.41. The third kappa shape index (κ3) is 6.33. The Balaban J connectivity index is 1.60. The number of rotatable bonds is 7. The quantitative estimate of drug-likeness (QED) is 0.650. The van der Waals surface area contributed by atoms with E-state index < -0.39 is 32.6 Å². The van der Waals surface area contributed by atoms with Gasteiger partial charge in [-0.3, -0.25) is 4.79 Å². The lowest BCUT2D eigenvalue weighted by atomic mass is 9.97. The largest absolute Gasteiger partial charge is 0.417 e. The van der Waals surface area contributed by atoms with E-state index in [0.29, 0.717) is 5.69 Å². The molecule has 0 unspecified atom stereocenters. The molecule has 1 fully saturated rings. The summed E-state index contributed by atoms with van der Waals surface area (Å²) in [5.41, 5.74) is 0.626. The van der Waals surface area contributed by atoms with Crippen LogP contribution in [0.4, 0.5) is 18.9 Å². The molecule has 2 aromatic carbocycles. The van der Waals surface area contributed by atoms with Gasteiger partial charge in [-0.1, -0.05) is 24.3 Å². The zero-order chi connectivity index (χ0) is 24.2. The molecular formula is C23H28F3N3O3S. The number of piperidine rings is 1. The van der Waals surface area contributed by atoms with Gasteiger partial charge in [0.1, 0.15) is 0 Å². The molecule has 1 aliphatic rings. The van der Waals surface area contributed by atoms with Crippen molar-refractivity contribution in [1.29, 1.82) is 0 Å². The number of carbonyl (C=O) groups is 1. The maximum Gasteiger partial charge on any atom is 0.417 e. The van der Waals surface area contributed by atoms with Gasteiger partial charge in [-0.25, -0.2) is 8.42 Å². The van der Waals surface area contributed by atoms with Crippen LogP contribution in [0.25, 0.3) is 0 Å². The minimum absolute atomic E-state index is 0.0178. The minimum atomic E-state index is -4.77. The first-order valence-electron chi connectivity index (χ1n) is 10.7. The summed E-state index contributed by atoms with van der Waals surface area (Å²) in [6.45, 7) is 0.882. The van der Waals surface area contributed by atoms with Crippen molar-refractivity contribution in [1.82, 2.24) is 9.21 Å². The molecule has 0 spiro atoms. The van der Waals surface area contributed by atoms with Crippen molar-refractivity contribution in [2.45, 2.75) is 30.3 Å². The van der Waals surface area contributed by atoms with Crippen molar-refractivity contribution in [3.63, 3.8) is 0 Å². The number of anilines is 1. The van der Waals surface area contributed by atoms with E-state index in [-0.39, 0.29) is 31.8 Å². The van der Waals surface area contributed by atoms with E-state index in [1.54, 1.807) is 0 Å². The van der Waals surface area contributed by atoms with Crippen LogP contribution in [0.3, 0.4) is 0 Å². The van der Waals surface area contributed by atoms with Gasteiger partial charge in [-0.15, -0.1) is 0 Å². The minimum Gasteiger partial charge on any atom is -0.326 e. The van der Waals surface area contributed by atoms with E-state index in [0.717, 1.165) is 41.0 Å². The first-order valence-corrected chi connectivity index (χ1v) is 12.1. The lowest BCUT2D eigenvalue weighted by Crippen LogP contribution is -2.41. The van der Waals surface area contributed by atoms with Crippen LogP contribution >= 0.6 is 0 Å². The lowest BCUT2D eigenvalue weighted by Gasteiger charge is -2.31. The number of nitrogens with one attached hydrogen (secondary N) is 1. The molecule has 0 saturated carbocycles. The number of nitrogens with zero attached hydrogens (tertiary/aromatic N) is 2. The Morgan fingerprint density at radius 2 is 1.67 bits per heavy atom. The highest BCUT2D eigenvalue weighted by Gasteiger charge is 2.40. The number of carbonyl (C=O) groups excluding carboxylic acids is 1. The topological polar surface area (TPSA) is 69.7 Å². The van der Waals surface area contributed by atoms with E-state index in [2.05, 4.69) is 10.2 Å². The molecule has 0 aliphatic carbocycles. The van der Waals surface area contributed by atoms with E-state index in [9.17, 15) is 26.4 Å². The highest BCUT2D eigenvalue weighted by atomic mass is 32.2. The first kappa shape index (κ1) is 25.2. The van der Waals surface area contributed by atoms with E-state index >= 15 is 0 Å². The van der Waals surface area contributed by atoms with Gasteiger partial charge in [0.05, 0.1) is 10.5 Å². The van der Waals surface area contributed by atoms with Crippen LogP contribution < -0.4 is 5.32 Å². The van der Waals surface area contributed by atoms with Crippen LogP contribution in [0.15, 0.2) is 53.4 Å². The molecule has 1 heterocycles. The molecule has 0 bridgehead atoms. The highest BCUT2D eigenvalue weighted by Crippen LogP contribution is 2.36. The molecule has 1 aliphatic heterocycles. The average Bonchev–Trinajstić information content (AvgIpc) is 2.78. The second-order valence-electron chi connectivity index (χ2n) is 8.41. The van der Waals surface area contributed by atoms with E-state index in [1.165, 1.54) is 6.07 Å². The molecule has 3 rings (SSSR count). The number of benzene rings is 2. The number of halogens is 3. The molecule has 0 atom stereocenters. The predicted octanol–water partition coefficient (Wildman–Crippen LogP) is 3.85. The molecule has 180 valence electrons. The van der Waals surface area contributed by atoms with Gasteiger partial charge in [0.2, 0.25) is 15.9 Å². The van der Waals surface area contributed by atoms with Gasteiger partial charge in [-0.05, 0) is 63.2 Å². The standard InChI is InChI=1S/C23H28F3N3O3S/c1-28(2)14-11-17-7-9-19(10-8-17)27-22(30)18-12-15-29(16-13-18)33(31,32)21-6-4-3-5-20(21)23(24,25)26/h3-10,18H,11-16H2,1-2H3,(H,27,30). The summed E-state index contributed by atoms with van der Waals surface area (Å²) >= 11 is 0.